The lowest BCUT2D eigenvalue weighted by Gasteiger charge is -2.24. The second-order valence-electron chi connectivity index (χ2n) is 4.09. The first kappa shape index (κ1) is 14.3. The van der Waals surface area contributed by atoms with E-state index in [0.717, 1.165) is 11.4 Å². The Balaban J connectivity index is 2.73. The molecule has 0 saturated carbocycles. The van der Waals surface area contributed by atoms with Crippen molar-refractivity contribution in [3.05, 3.63) is 24.3 Å². The van der Waals surface area contributed by atoms with Gasteiger partial charge in [-0.15, -0.1) is 0 Å². The van der Waals surface area contributed by atoms with Crippen molar-refractivity contribution >= 4 is 11.6 Å². The quantitative estimate of drug-likeness (QED) is 0.744. The predicted molar refractivity (Wildman–Crippen MR) is 72.9 cm³/mol. The van der Waals surface area contributed by atoms with Crippen LogP contribution in [0.1, 0.15) is 6.92 Å². The molecule has 1 rings (SSSR count). The number of nitrogens with two attached hydrogens (primary N) is 1. The molecule has 5 heteroatoms. The smallest absolute Gasteiger partial charge is 0.236 e. The van der Waals surface area contributed by atoms with Crippen LogP contribution in [0.5, 0.6) is 5.75 Å². The van der Waals surface area contributed by atoms with Crippen molar-refractivity contribution in [3.8, 4) is 5.75 Å². The van der Waals surface area contributed by atoms with E-state index >= 15 is 0 Å². The number of benzene rings is 1. The largest absolute Gasteiger partial charge is 0.497 e. The van der Waals surface area contributed by atoms with Crippen LogP contribution in [0.4, 0.5) is 5.69 Å². The molecule has 0 aromatic heterocycles. The lowest BCUT2D eigenvalue weighted by atomic mass is 10.2. The maximum absolute atomic E-state index is 11.3. The van der Waals surface area contributed by atoms with Crippen LogP contribution >= 0.6 is 0 Å². The van der Waals surface area contributed by atoms with Crippen molar-refractivity contribution in [1.82, 2.24) is 5.32 Å². The molecular weight excluding hydrogens is 230 g/mol. The highest BCUT2D eigenvalue weighted by Gasteiger charge is 2.16. The molecule has 0 bridgehead atoms. The summed E-state index contributed by atoms with van der Waals surface area (Å²) in [6, 6.07) is 7.33. The van der Waals surface area contributed by atoms with E-state index in [0.29, 0.717) is 13.1 Å². The van der Waals surface area contributed by atoms with Crippen molar-refractivity contribution in [2.24, 2.45) is 5.73 Å². The van der Waals surface area contributed by atoms with E-state index in [1.54, 1.807) is 7.11 Å². The zero-order valence-corrected chi connectivity index (χ0v) is 11.1. The zero-order valence-electron chi connectivity index (χ0n) is 11.1. The van der Waals surface area contributed by atoms with Crippen LogP contribution in [0.15, 0.2) is 24.3 Å². The molecule has 5 nitrogen and oxygen atoms in total. The topological polar surface area (TPSA) is 67.6 Å². The summed E-state index contributed by atoms with van der Waals surface area (Å²) in [7, 11) is 3.55. The van der Waals surface area contributed by atoms with Gasteiger partial charge in [-0.1, -0.05) is 13.0 Å². The minimum Gasteiger partial charge on any atom is -0.497 e. The van der Waals surface area contributed by atoms with E-state index in [4.69, 9.17) is 10.5 Å². The Morgan fingerprint density at radius 3 is 2.83 bits per heavy atom. The van der Waals surface area contributed by atoms with Gasteiger partial charge in [0.15, 0.2) is 0 Å². The predicted octanol–water partition coefficient (Wildman–Crippen LogP) is 0.595. The van der Waals surface area contributed by atoms with Crippen LogP contribution in [0.2, 0.25) is 0 Å². The van der Waals surface area contributed by atoms with Crippen molar-refractivity contribution < 1.29 is 9.53 Å². The molecule has 1 unspecified atom stereocenters. The zero-order chi connectivity index (χ0) is 13.5. The molecule has 18 heavy (non-hydrogen) atoms. The highest BCUT2D eigenvalue weighted by molar-refractivity contribution is 5.80. The van der Waals surface area contributed by atoms with Crippen molar-refractivity contribution in [3.63, 3.8) is 0 Å². The number of ether oxygens (including phenoxy) is 1. The van der Waals surface area contributed by atoms with Crippen molar-refractivity contribution in [2.45, 2.75) is 13.0 Å². The fraction of sp³-hybridized carbons (Fsp3) is 0.462. The third-order valence-corrected chi connectivity index (χ3v) is 2.74. The lowest BCUT2D eigenvalue weighted by Crippen LogP contribution is -2.48. The monoisotopic (exact) mass is 251 g/mol. The number of nitrogens with zero attached hydrogens (tertiary/aromatic N) is 1. The number of nitrogens with one attached hydrogen (secondary N) is 1. The van der Waals surface area contributed by atoms with Gasteiger partial charge in [0.1, 0.15) is 11.8 Å². The van der Waals surface area contributed by atoms with E-state index in [-0.39, 0.29) is 11.9 Å². The van der Waals surface area contributed by atoms with E-state index in [2.05, 4.69) is 5.32 Å². The Hall–Kier alpha value is -1.75. The minimum atomic E-state index is -0.355. The van der Waals surface area contributed by atoms with Crippen molar-refractivity contribution in [1.29, 1.82) is 0 Å². The van der Waals surface area contributed by atoms with Gasteiger partial charge in [0.2, 0.25) is 5.91 Å². The summed E-state index contributed by atoms with van der Waals surface area (Å²) in [6.07, 6.45) is 0. The van der Waals surface area contributed by atoms with Gasteiger partial charge in [-0.05, 0) is 18.7 Å². The SMILES string of the molecule is CCNC(CN(C)c1cccc(OC)c1)C(N)=O. The first-order chi connectivity index (χ1) is 8.58. The van der Waals surface area contributed by atoms with E-state index in [1.165, 1.54) is 0 Å². The normalized spacial score (nSPS) is 11.9. The van der Waals surface area contributed by atoms with Gasteiger partial charge in [-0.2, -0.15) is 0 Å². The maximum atomic E-state index is 11.3. The molecule has 0 aliphatic rings. The summed E-state index contributed by atoms with van der Waals surface area (Å²) in [4.78, 5) is 13.3. The fourth-order valence-corrected chi connectivity index (χ4v) is 1.73. The molecule has 0 aliphatic heterocycles. The highest BCUT2D eigenvalue weighted by Crippen LogP contribution is 2.19. The number of amides is 1. The van der Waals surface area contributed by atoms with Gasteiger partial charge in [0.05, 0.1) is 7.11 Å². The van der Waals surface area contributed by atoms with Crippen LogP contribution in [0, 0.1) is 0 Å². The first-order valence-electron chi connectivity index (χ1n) is 5.96. The Bertz CT molecular complexity index is 396. The number of primary amides is 1. The van der Waals surface area contributed by atoms with Crippen LogP contribution in [0.3, 0.4) is 0 Å². The standard InChI is InChI=1S/C13H21N3O2/c1-4-15-12(13(14)17)9-16(2)10-6-5-7-11(8-10)18-3/h5-8,12,15H,4,9H2,1-3H3,(H2,14,17). The number of anilines is 1. The molecule has 1 aromatic carbocycles. The van der Waals surface area contributed by atoms with Crippen LogP contribution in [0.25, 0.3) is 0 Å². The Morgan fingerprint density at radius 1 is 1.56 bits per heavy atom. The average Bonchev–Trinajstić information content (AvgIpc) is 2.38. The molecule has 0 radical (unpaired) electrons. The van der Waals surface area contributed by atoms with E-state index in [9.17, 15) is 4.79 Å². The summed E-state index contributed by atoms with van der Waals surface area (Å²) < 4.78 is 5.17. The van der Waals surface area contributed by atoms with E-state index < -0.39 is 0 Å². The van der Waals surface area contributed by atoms with Gasteiger partial charge < -0.3 is 20.7 Å². The van der Waals surface area contributed by atoms with Gasteiger partial charge in [-0.3, -0.25) is 4.79 Å². The van der Waals surface area contributed by atoms with Gasteiger partial charge >= 0.3 is 0 Å². The van der Waals surface area contributed by atoms with Crippen LogP contribution in [-0.4, -0.2) is 39.2 Å². The molecule has 0 aliphatic carbocycles. The number of carbonyl (C=O) groups is 1. The van der Waals surface area contributed by atoms with Gasteiger partial charge in [0, 0.05) is 25.3 Å². The van der Waals surface area contributed by atoms with Gasteiger partial charge in [-0.25, -0.2) is 0 Å². The Morgan fingerprint density at radius 2 is 2.28 bits per heavy atom. The summed E-state index contributed by atoms with van der Waals surface area (Å²) in [5.74, 6) is 0.449. The minimum absolute atomic E-state index is 0.341. The molecule has 1 amide bonds. The summed E-state index contributed by atoms with van der Waals surface area (Å²) in [6.45, 7) is 3.18. The second kappa shape index (κ2) is 6.86. The first-order valence-corrected chi connectivity index (χ1v) is 5.96. The fourth-order valence-electron chi connectivity index (χ4n) is 1.73. The number of carbonyl (C=O) groups excluding carboxylic acids is 1. The Labute approximate surface area is 108 Å². The molecule has 1 atom stereocenters. The van der Waals surface area contributed by atoms with E-state index in [1.807, 2.05) is 43.1 Å². The summed E-state index contributed by atoms with van der Waals surface area (Å²) >= 11 is 0. The molecule has 0 heterocycles. The molecular formula is C13H21N3O2. The number of hydrogen-bond donors (Lipinski definition) is 2. The lowest BCUT2D eigenvalue weighted by molar-refractivity contribution is -0.119. The molecule has 3 N–H and O–H groups in total. The number of hydrogen-bond acceptors (Lipinski definition) is 4. The van der Waals surface area contributed by atoms with Crippen molar-refractivity contribution in [2.75, 3.05) is 32.1 Å². The van der Waals surface area contributed by atoms with Gasteiger partial charge in [0.25, 0.3) is 0 Å². The number of likely N-dealkylation sites (N-methyl/N-ethyl adjacent to an activating group) is 2. The summed E-state index contributed by atoms with van der Waals surface area (Å²) in [5, 5.41) is 3.06. The molecule has 0 spiro atoms. The van der Waals surface area contributed by atoms with Crippen LogP contribution < -0.4 is 20.7 Å². The number of rotatable bonds is 7. The third kappa shape index (κ3) is 3.92. The molecule has 0 saturated heterocycles. The molecule has 100 valence electrons. The average molecular weight is 251 g/mol. The molecule has 0 fully saturated rings. The maximum Gasteiger partial charge on any atom is 0.236 e. The summed E-state index contributed by atoms with van der Waals surface area (Å²) in [5.41, 5.74) is 6.34. The molecule has 1 aromatic rings. The number of methoxy groups -OCH3 is 1. The highest BCUT2D eigenvalue weighted by atomic mass is 16.5. The van der Waals surface area contributed by atoms with Crippen LogP contribution in [-0.2, 0) is 4.79 Å². The Kier molecular flexibility index (Phi) is 5.45. The second-order valence-corrected chi connectivity index (χ2v) is 4.09. The third-order valence-electron chi connectivity index (χ3n) is 2.74.